The molecule has 3 aromatic rings. The topological polar surface area (TPSA) is 77.0 Å². The van der Waals surface area contributed by atoms with E-state index >= 15 is 0 Å². The molecule has 0 aliphatic carbocycles. The SMILES string of the molecule is O=Cc1nnnc2ccc3c(c12)Nc1ccccc1O3. The Balaban J connectivity index is 2.02. The molecule has 0 spiro atoms. The van der Waals surface area contributed by atoms with Crippen LogP contribution in [-0.4, -0.2) is 21.7 Å². The monoisotopic (exact) mass is 264 g/mol. The van der Waals surface area contributed by atoms with Crippen molar-refractivity contribution in [1.29, 1.82) is 0 Å². The summed E-state index contributed by atoms with van der Waals surface area (Å²) < 4.78 is 5.83. The zero-order valence-electron chi connectivity index (χ0n) is 10.2. The number of carbonyl (C=O) groups is 1. The Kier molecular flexibility index (Phi) is 2.17. The Morgan fingerprint density at radius 1 is 1.05 bits per heavy atom. The number of benzene rings is 2. The fourth-order valence-corrected chi connectivity index (χ4v) is 2.29. The molecule has 0 radical (unpaired) electrons. The van der Waals surface area contributed by atoms with Gasteiger partial charge in [-0.25, -0.2) is 0 Å². The summed E-state index contributed by atoms with van der Waals surface area (Å²) in [7, 11) is 0. The second-order valence-electron chi connectivity index (χ2n) is 4.35. The van der Waals surface area contributed by atoms with E-state index in [9.17, 15) is 4.79 Å². The number of aromatic nitrogens is 3. The first kappa shape index (κ1) is 10.9. The van der Waals surface area contributed by atoms with Crippen LogP contribution in [0.4, 0.5) is 11.4 Å². The number of fused-ring (bicyclic) bond motifs is 4. The normalized spacial score (nSPS) is 12.0. The molecular formula is C14H8N4O2. The number of nitrogens with one attached hydrogen (secondary N) is 1. The largest absolute Gasteiger partial charge is 0.453 e. The first-order chi connectivity index (χ1) is 9.86. The minimum atomic E-state index is 0.238. The van der Waals surface area contributed by atoms with Crippen LogP contribution in [0.5, 0.6) is 11.5 Å². The number of anilines is 2. The Labute approximate surface area is 113 Å². The lowest BCUT2D eigenvalue weighted by atomic mass is 10.1. The quantitative estimate of drug-likeness (QED) is 0.532. The van der Waals surface area contributed by atoms with Crippen LogP contribution in [-0.2, 0) is 0 Å². The second kappa shape index (κ2) is 3.99. The van der Waals surface area contributed by atoms with Crippen molar-refractivity contribution >= 4 is 28.6 Å². The molecular weight excluding hydrogens is 256 g/mol. The molecule has 0 bridgehead atoms. The van der Waals surface area contributed by atoms with Crippen molar-refractivity contribution < 1.29 is 9.53 Å². The van der Waals surface area contributed by atoms with E-state index in [-0.39, 0.29) is 5.69 Å². The van der Waals surface area contributed by atoms with Gasteiger partial charge in [0.1, 0.15) is 5.69 Å². The maximum Gasteiger partial charge on any atom is 0.171 e. The van der Waals surface area contributed by atoms with Crippen molar-refractivity contribution in [3.05, 3.63) is 42.1 Å². The molecule has 2 aromatic carbocycles. The molecule has 1 aromatic heterocycles. The van der Waals surface area contributed by atoms with Crippen LogP contribution < -0.4 is 10.1 Å². The third-order valence-electron chi connectivity index (χ3n) is 3.18. The highest BCUT2D eigenvalue weighted by Crippen LogP contribution is 2.45. The number of aldehydes is 1. The molecule has 1 aliphatic rings. The summed E-state index contributed by atoms with van der Waals surface area (Å²) in [5, 5.41) is 15.2. The highest BCUT2D eigenvalue weighted by molar-refractivity contribution is 6.05. The van der Waals surface area contributed by atoms with Gasteiger partial charge < -0.3 is 10.1 Å². The zero-order chi connectivity index (χ0) is 13.5. The van der Waals surface area contributed by atoms with E-state index in [1.54, 1.807) is 12.1 Å². The van der Waals surface area contributed by atoms with Crippen LogP contribution in [0, 0.1) is 0 Å². The maximum absolute atomic E-state index is 11.2. The molecule has 1 N–H and O–H groups in total. The van der Waals surface area contributed by atoms with Gasteiger partial charge in [0.25, 0.3) is 0 Å². The molecule has 20 heavy (non-hydrogen) atoms. The van der Waals surface area contributed by atoms with E-state index in [2.05, 4.69) is 20.7 Å². The van der Waals surface area contributed by atoms with Gasteiger partial charge in [0.15, 0.2) is 17.8 Å². The van der Waals surface area contributed by atoms with Crippen LogP contribution >= 0.6 is 0 Å². The smallest absolute Gasteiger partial charge is 0.171 e. The van der Waals surface area contributed by atoms with Gasteiger partial charge in [0, 0.05) is 0 Å². The summed E-state index contributed by atoms with van der Waals surface area (Å²) >= 11 is 0. The molecule has 0 fully saturated rings. The molecule has 4 rings (SSSR count). The molecule has 0 atom stereocenters. The summed E-state index contributed by atoms with van der Waals surface area (Å²) in [6.07, 6.45) is 0.666. The maximum atomic E-state index is 11.2. The molecule has 0 unspecified atom stereocenters. The molecule has 6 heteroatoms. The van der Waals surface area contributed by atoms with Crippen molar-refractivity contribution in [2.75, 3.05) is 5.32 Å². The summed E-state index contributed by atoms with van der Waals surface area (Å²) in [6.45, 7) is 0. The van der Waals surface area contributed by atoms with Gasteiger partial charge in [-0.15, -0.1) is 10.2 Å². The summed E-state index contributed by atoms with van der Waals surface area (Å²) in [4.78, 5) is 11.2. The van der Waals surface area contributed by atoms with E-state index in [4.69, 9.17) is 4.74 Å². The Morgan fingerprint density at radius 2 is 1.95 bits per heavy atom. The number of nitrogens with zero attached hydrogens (tertiary/aromatic N) is 3. The number of para-hydroxylation sites is 2. The summed E-state index contributed by atoms with van der Waals surface area (Å²) in [6, 6.07) is 11.1. The van der Waals surface area contributed by atoms with E-state index in [0.717, 1.165) is 11.4 Å². The summed E-state index contributed by atoms with van der Waals surface area (Å²) in [5.41, 5.74) is 2.35. The van der Waals surface area contributed by atoms with E-state index in [0.29, 0.717) is 28.6 Å². The predicted octanol–water partition coefficient (Wildman–Crippen LogP) is 2.69. The Bertz CT molecular complexity index is 848. The average molecular weight is 264 g/mol. The molecule has 1 aliphatic heterocycles. The lowest BCUT2D eigenvalue weighted by Crippen LogP contribution is -2.06. The van der Waals surface area contributed by atoms with Gasteiger partial charge in [0.2, 0.25) is 0 Å². The van der Waals surface area contributed by atoms with Crippen LogP contribution in [0.3, 0.4) is 0 Å². The first-order valence-corrected chi connectivity index (χ1v) is 6.02. The highest BCUT2D eigenvalue weighted by Gasteiger charge is 2.21. The van der Waals surface area contributed by atoms with Crippen LogP contribution in [0.2, 0.25) is 0 Å². The van der Waals surface area contributed by atoms with Crippen LogP contribution in [0.1, 0.15) is 10.5 Å². The minimum Gasteiger partial charge on any atom is -0.453 e. The lowest BCUT2D eigenvalue weighted by molar-refractivity contribution is 0.111. The van der Waals surface area contributed by atoms with Gasteiger partial charge in [-0.05, 0) is 29.5 Å². The minimum absolute atomic E-state index is 0.238. The van der Waals surface area contributed by atoms with Crippen LogP contribution in [0.25, 0.3) is 10.9 Å². The number of rotatable bonds is 1. The van der Waals surface area contributed by atoms with Crippen molar-refractivity contribution in [2.45, 2.75) is 0 Å². The third kappa shape index (κ3) is 1.45. The second-order valence-corrected chi connectivity index (χ2v) is 4.35. The molecule has 0 amide bonds. The van der Waals surface area contributed by atoms with E-state index in [1.807, 2.05) is 24.3 Å². The van der Waals surface area contributed by atoms with Crippen molar-refractivity contribution in [3.8, 4) is 11.5 Å². The molecule has 0 saturated carbocycles. The predicted molar refractivity (Wildman–Crippen MR) is 72.5 cm³/mol. The van der Waals surface area contributed by atoms with Crippen LogP contribution in [0.15, 0.2) is 36.4 Å². The molecule has 96 valence electrons. The van der Waals surface area contributed by atoms with Gasteiger partial charge in [-0.2, -0.15) is 0 Å². The fraction of sp³-hybridized carbons (Fsp3) is 0. The number of hydrogen-bond acceptors (Lipinski definition) is 6. The van der Waals surface area contributed by atoms with Crippen molar-refractivity contribution in [3.63, 3.8) is 0 Å². The van der Waals surface area contributed by atoms with E-state index in [1.165, 1.54) is 0 Å². The Hall–Kier alpha value is -3.02. The third-order valence-corrected chi connectivity index (χ3v) is 3.18. The standard InChI is InChI=1S/C14H8N4O2/c19-7-10-13-9(16-18-17-10)5-6-12-14(13)15-8-3-1-2-4-11(8)20-12/h1-7,15H. The van der Waals surface area contributed by atoms with Gasteiger partial charge in [-0.1, -0.05) is 12.1 Å². The van der Waals surface area contributed by atoms with Gasteiger partial charge in [0.05, 0.1) is 22.3 Å². The van der Waals surface area contributed by atoms with Crippen molar-refractivity contribution in [1.82, 2.24) is 15.4 Å². The van der Waals surface area contributed by atoms with E-state index < -0.39 is 0 Å². The number of hydrogen-bond donors (Lipinski definition) is 1. The Morgan fingerprint density at radius 3 is 2.85 bits per heavy atom. The average Bonchev–Trinajstić information content (AvgIpc) is 2.52. The summed E-state index contributed by atoms with van der Waals surface area (Å²) in [5.74, 6) is 1.37. The first-order valence-electron chi connectivity index (χ1n) is 6.02. The van der Waals surface area contributed by atoms with Crippen molar-refractivity contribution in [2.24, 2.45) is 0 Å². The number of ether oxygens (including phenoxy) is 1. The number of carbonyl (C=O) groups excluding carboxylic acids is 1. The fourth-order valence-electron chi connectivity index (χ4n) is 2.29. The lowest BCUT2D eigenvalue weighted by Gasteiger charge is -2.22. The molecule has 2 heterocycles. The van der Waals surface area contributed by atoms with Gasteiger partial charge in [-0.3, -0.25) is 4.79 Å². The van der Waals surface area contributed by atoms with Gasteiger partial charge >= 0.3 is 0 Å². The molecule has 6 nitrogen and oxygen atoms in total. The zero-order valence-corrected chi connectivity index (χ0v) is 10.2. The molecule has 0 saturated heterocycles. The highest BCUT2D eigenvalue weighted by atomic mass is 16.5.